The topological polar surface area (TPSA) is 110 Å². The summed E-state index contributed by atoms with van der Waals surface area (Å²) in [5.41, 5.74) is 0.171. The van der Waals surface area contributed by atoms with E-state index < -0.39 is 22.7 Å². The molecule has 2 N–H and O–H groups in total. The molecular formula is C11H14N2O5S. The Hall–Kier alpha value is -1.96. The Morgan fingerprint density at radius 1 is 1.53 bits per heavy atom. The van der Waals surface area contributed by atoms with Gasteiger partial charge in [0.2, 0.25) is 0 Å². The Kier molecular flexibility index (Phi) is 4.99. The van der Waals surface area contributed by atoms with Gasteiger partial charge in [0.05, 0.1) is 16.4 Å². The van der Waals surface area contributed by atoms with Gasteiger partial charge in [0.25, 0.3) is 5.91 Å². The molecule has 1 unspecified atom stereocenters. The van der Waals surface area contributed by atoms with Crippen LogP contribution in [0.3, 0.4) is 0 Å². The van der Waals surface area contributed by atoms with E-state index >= 15 is 0 Å². The predicted octanol–water partition coefficient (Wildman–Crippen LogP) is 1.74. The minimum absolute atomic E-state index is 0.00449. The number of carboxylic acid groups (broad SMARTS) is 1. The number of hydrogen-bond donors (Lipinski definition) is 2. The van der Waals surface area contributed by atoms with Gasteiger partial charge < -0.3 is 10.4 Å². The summed E-state index contributed by atoms with van der Waals surface area (Å²) in [5.74, 6) is -2.28. The molecule has 0 aromatic carbocycles. The van der Waals surface area contributed by atoms with E-state index in [1.165, 1.54) is 11.4 Å². The second-order valence-corrected chi connectivity index (χ2v) is 5.22. The molecule has 0 saturated heterocycles. The van der Waals surface area contributed by atoms with Crippen LogP contribution in [0, 0.1) is 22.0 Å². The fourth-order valence-corrected chi connectivity index (χ4v) is 2.16. The minimum atomic E-state index is -0.980. The number of hydrogen-bond acceptors (Lipinski definition) is 5. The van der Waals surface area contributed by atoms with E-state index in [0.29, 0.717) is 0 Å². The Bertz CT molecular complexity index is 497. The largest absolute Gasteiger partial charge is 0.481 e. The maximum Gasteiger partial charge on any atom is 0.324 e. The molecule has 7 nitrogen and oxygen atoms in total. The molecule has 1 aromatic rings. The Morgan fingerprint density at radius 3 is 2.58 bits per heavy atom. The smallest absolute Gasteiger partial charge is 0.324 e. The number of carbonyl (C=O) groups is 2. The standard InChI is InChI=1S/C11H14N2O5S/c1-6(2)8(11(15)16)4-12-10(14)7-3-9(13(17)18)19-5-7/h3,5-6,8H,4H2,1-2H3,(H,12,14)(H,15,16). The van der Waals surface area contributed by atoms with E-state index in [4.69, 9.17) is 5.11 Å². The Labute approximate surface area is 113 Å². The molecule has 1 heterocycles. The van der Waals surface area contributed by atoms with Gasteiger partial charge in [0.1, 0.15) is 0 Å². The highest BCUT2D eigenvalue weighted by Crippen LogP contribution is 2.22. The summed E-state index contributed by atoms with van der Waals surface area (Å²) >= 11 is 0.857. The van der Waals surface area contributed by atoms with Gasteiger partial charge in [-0.2, -0.15) is 0 Å². The van der Waals surface area contributed by atoms with Crippen LogP contribution in [-0.4, -0.2) is 28.5 Å². The Morgan fingerprint density at radius 2 is 2.16 bits per heavy atom. The average molecular weight is 286 g/mol. The first-order valence-corrected chi connectivity index (χ1v) is 6.44. The van der Waals surface area contributed by atoms with E-state index in [1.807, 2.05) is 0 Å². The summed E-state index contributed by atoms with van der Waals surface area (Å²) in [6.07, 6.45) is 0. The maximum absolute atomic E-state index is 11.7. The second-order valence-electron chi connectivity index (χ2n) is 4.33. The molecule has 1 rings (SSSR count). The van der Waals surface area contributed by atoms with Crippen molar-refractivity contribution in [3.8, 4) is 0 Å². The van der Waals surface area contributed by atoms with Gasteiger partial charge in [-0.15, -0.1) is 0 Å². The van der Waals surface area contributed by atoms with E-state index in [-0.39, 0.29) is 23.0 Å². The molecule has 19 heavy (non-hydrogen) atoms. The first-order chi connectivity index (χ1) is 8.82. The highest BCUT2D eigenvalue weighted by Gasteiger charge is 2.23. The summed E-state index contributed by atoms with van der Waals surface area (Å²) < 4.78 is 0. The third kappa shape index (κ3) is 4.02. The number of amides is 1. The van der Waals surface area contributed by atoms with Crippen molar-refractivity contribution in [1.29, 1.82) is 0 Å². The summed E-state index contributed by atoms with van der Waals surface area (Å²) in [5, 5.41) is 23.2. The minimum Gasteiger partial charge on any atom is -0.481 e. The number of carboxylic acids is 1. The van der Waals surface area contributed by atoms with Crippen LogP contribution in [0.25, 0.3) is 0 Å². The molecule has 0 radical (unpaired) electrons. The van der Waals surface area contributed by atoms with Crippen molar-refractivity contribution in [2.45, 2.75) is 13.8 Å². The highest BCUT2D eigenvalue weighted by atomic mass is 32.1. The molecule has 0 saturated carbocycles. The Balaban J connectivity index is 2.64. The van der Waals surface area contributed by atoms with Crippen LogP contribution < -0.4 is 5.32 Å². The number of aliphatic carboxylic acids is 1. The van der Waals surface area contributed by atoms with Crippen LogP contribution in [0.2, 0.25) is 0 Å². The van der Waals surface area contributed by atoms with Crippen LogP contribution in [0.4, 0.5) is 5.00 Å². The number of carbonyl (C=O) groups excluding carboxylic acids is 1. The average Bonchev–Trinajstić information content (AvgIpc) is 2.77. The van der Waals surface area contributed by atoms with Crippen molar-refractivity contribution in [3.63, 3.8) is 0 Å². The van der Waals surface area contributed by atoms with Crippen molar-refractivity contribution in [3.05, 3.63) is 27.1 Å². The molecule has 1 amide bonds. The van der Waals surface area contributed by atoms with Crippen LogP contribution in [0.5, 0.6) is 0 Å². The van der Waals surface area contributed by atoms with Crippen molar-refractivity contribution < 1.29 is 19.6 Å². The zero-order valence-corrected chi connectivity index (χ0v) is 11.3. The zero-order valence-electron chi connectivity index (χ0n) is 10.5. The van der Waals surface area contributed by atoms with Crippen LogP contribution in [-0.2, 0) is 4.79 Å². The summed E-state index contributed by atoms with van der Waals surface area (Å²) in [7, 11) is 0. The van der Waals surface area contributed by atoms with Crippen LogP contribution in [0.15, 0.2) is 11.4 Å². The van der Waals surface area contributed by atoms with Crippen molar-refractivity contribution in [1.82, 2.24) is 5.32 Å². The number of nitro groups is 1. The van der Waals surface area contributed by atoms with E-state index in [2.05, 4.69) is 5.32 Å². The van der Waals surface area contributed by atoms with Gasteiger partial charge in [-0.3, -0.25) is 19.7 Å². The number of nitrogens with one attached hydrogen (secondary N) is 1. The molecule has 0 aliphatic heterocycles. The molecule has 1 atom stereocenters. The quantitative estimate of drug-likeness (QED) is 0.611. The number of nitrogens with zero attached hydrogens (tertiary/aromatic N) is 1. The lowest BCUT2D eigenvalue weighted by molar-refractivity contribution is -0.380. The van der Waals surface area contributed by atoms with Crippen molar-refractivity contribution in [2.75, 3.05) is 6.54 Å². The number of thiophene rings is 1. The van der Waals surface area contributed by atoms with Crippen molar-refractivity contribution >= 4 is 28.2 Å². The fourth-order valence-electron chi connectivity index (χ4n) is 1.45. The lowest BCUT2D eigenvalue weighted by atomic mass is 9.96. The van der Waals surface area contributed by atoms with Gasteiger partial charge >= 0.3 is 11.0 Å². The highest BCUT2D eigenvalue weighted by molar-refractivity contribution is 7.13. The first-order valence-electron chi connectivity index (χ1n) is 5.56. The van der Waals surface area contributed by atoms with E-state index in [0.717, 1.165) is 11.3 Å². The van der Waals surface area contributed by atoms with Gasteiger partial charge in [0.15, 0.2) is 0 Å². The van der Waals surface area contributed by atoms with Crippen molar-refractivity contribution in [2.24, 2.45) is 11.8 Å². The molecule has 8 heteroatoms. The van der Waals surface area contributed by atoms with Gasteiger partial charge in [-0.05, 0) is 5.92 Å². The fraction of sp³-hybridized carbons (Fsp3) is 0.455. The molecular weight excluding hydrogens is 272 g/mol. The third-order valence-corrected chi connectivity index (χ3v) is 3.51. The molecule has 0 spiro atoms. The van der Waals surface area contributed by atoms with Crippen LogP contribution >= 0.6 is 11.3 Å². The predicted molar refractivity (Wildman–Crippen MR) is 69.3 cm³/mol. The summed E-state index contributed by atoms with van der Waals surface area (Å²) in [6, 6.07) is 1.17. The molecule has 0 aliphatic rings. The normalized spacial score (nSPS) is 12.2. The van der Waals surface area contributed by atoms with E-state index in [9.17, 15) is 19.7 Å². The molecule has 1 aromatic heterocycles. The zero-order chi connectivity index (χ0) is 14.6. The molecule has 104 valence electrons. The maximum atomic E-state index is 11.7. The van der Waals surface area contributed by atoms with Gasteiger partial charge in [0, 0.05) is 18.0 Å². The van der Waals surface area contributed by atoms with Gasteiger partial charge in [-0.1, -0.05) is 25.2 Å². The lowest BCUT2D eigenvalue weighted by Crippen LogP contribution is -2.35. The third-order valence-electron chi connectivity index (χ3n) is 2.63. The van der Waals surface area contributed by atoms with E-state index in [1.54, 1.807) is 13.8 Å². The molecule has 0 bridgehead atoms. The molecule has 0 aliphatic carbocycles. The number of rotatable bonds is 6. The van der Waals surface area contributed by atoms with Gasteiger partial charge in [-0.25, -0.2) is 0 Å². The lowest BCUT2D eigenvalue weighted by Gasteiger charge is -2.16. The molecule has 0 fully saturated rings. The summed E-state index contributed by atoms with van der Waals surface area (Å²) in [4.78, 5) is 32.6. The van der Waals surface area contributed by atoms with Crippen LogP contribution in [0.1, 0.15) is 24.2 Å². The second kappa shape index (κ2) is 6.28. The first kappa shape index (κ1) is 15.1. The summed E-state index contributed by atoms with van der Waals surface area (Å²) in [6.45, 7) is 3.50. The monoisotopic (exact) mass is 286 g/mol. The SMILES string of the molecule is CC(C)C(CNC(=O)c1csc([N+](=O)[O-])c1)C(=O)O.